The molecule has 0 heterocycles. The number of hydrogen-bond acceptors (Lipinski definition) is 2. The summed E-state index contributed by atoms with van der Waals surface area (Å²) in [5.41, 5.74) is 0. The van der Waals surface area contributed by atoms with Gasteiger partial charge >= 0.3 is 5.97 Å². The monoisotopic (exact) mass is 201 g/mol. The summed E-state index contributed by atoms with van der Waals surface area (Å²) >= 11 is 0. The zero-order valence-electron chi connectivity index (χ0n) is 8.95. The molecule has 0 atom stereocenters. The maximum atomic E-state index is 11.4. The second kappa shape index (κ2) is 7.35. The van der Waals surface area contributed by atoms with E-state index in [1.54, 1.807) is 4.90 Å². The Kier molecular flexibility index (Phi) is 6.80. The maximum Gasteiger partial charge on any atom is 0.303 e. The van der Waals surface area contributed by atoms with Gasteiger partial charge in [0.05, 0.1) is 6.42 Å². The molecule has 0 bridgehead atoms. The van der Waals surface area contributed by atoms with E-state index in [1.165, 1.54) is 0 Å². The van der Waals surface area contributed by atoms with Crippen molar-refractivity contribution in [3.8, 4) is 0 Å². The standard InChI is InChI=1S/C10H19NO3/c1-3-5-8-11(4-2)9(12)6-7-10(13)14/h3-8H2,1-2H3,(H,13,14). The van der Waals surface area contributed by atoms with E-state index in [2.05, 4.69) is 6.92 Å². The van der Waals surface area contributed by atoms with Crippen LogP contribution < -0.4 is 0 Å². The van der Waals surface area contributed by atoms with Gasteiger partial charge in [0.25, 0.3) is 0 Å². The molecule has 4 nitrogen and oxygen atoms in total. The van der Waals surface area contributed by atoms with Crippen LogP contribution >= 0.6 is 0 Å². The Hall–Kier alpha value is -1.06. The Morgan fingerprint density at radius 2 is 1.86 bits per heavy atom. The second-order valence-corrected chi connectivity index (χ2v) is 3.22. The first-order valence-electron chi connectivity index (χ1n) is 5.11. The molecule has 0 saturated heterocycles. The van der Waals surface area contributed by atoms with E-state index >= 15 is 0 Å². The van der Waals surface area contributed by atoms with Gasteiger partial charge in [-0.1, -0.05) is 13.3 Å². The van der Waals surface area contributed by atoms with Crippen molar-refractivity contribution in [1.82, 2.24) is 4.90 Å². The first kappa shape index (κ1) is 12.9. The average molecular weight is 201 g/mol. The van der Waals surface area contributed by atoms with Crippen molar-refractivity contribution >= 4 is 11.9 Å². The first-order valence-corrected chi connectivity index (χ1v) is 5.11. The lowest BCUT2D eigenvalue weighted by Crippen LogP contribution is -2.31. The van der Waals surface area contributed by atoms with Crippen molar-refractivity contribution < 1.29 is 14.7 Å². The third-order valence-corrected chi connectivity index (χ3v) is 2.07. The second-order valence-electron chi connectivity index (χ2n) is 3.22. The van der Waals surface area contributed by atoms with Crippen LogP contribution in [0.15, 0.2) is 0 Å². The van der Waals surface area contributed by atoms with Crippen LogP contribution in [0.5, 0.6) is 0 Å². The molecule has 0 saturated carbocycles. The zero-order valence-corrected chi connectivity index (χ0v) is 8.95. The summed E-state index contributed by atoms with van der Waals surface area (Å²) in [5.74, 6) is -0.965. The zero-order chi connectivity index (χ0) is 11.0. The summed E-state index contributed by atoms with van der Waals surface area (Å²) in [4.78, 5) is 23.4. The molecule has 0 radical (unpaired) electrons. The summed E-state index contributed by atoms with van der Waals surface area (Å²) < 4.78 is 0. The van der Waals surface area contributed by atoms with E-state index in [9.17, 15) is 9.59 Å². The minimum absolute atomic E-state index is 0.0525. The number of carboxylic acid groups (broad SMARTS) is 1. The van der Waals surface area contributed by atoms with Gasteiger partial charge in [-0.2, -0.15) is 0 Å². The van der Waals surface area contributed by atoms with Gasteiger partial charge in [0.15, 0.2) is 0 Å². The van der Waals surface area contributed by atoms with Crippen LogP contribution in [-0.2, 0) is 9.59 Å². The molecule has 0 aliphatic rings. The molecule has 0 fully saturated rings. The molecule has 0 aliphatic heterocycles. The van der Waals surface area contributed by atoms with Crippen LogP contribution in [0.2, 0.25) is 0 Å². The molecule has 0 rings (SSSR count). The number of unbranched alkanes of at least 4 members (excludes halogenated alkanes) is 1. The lowest BCUT2D eigenvalue weighted by Gasteiger charge is -2.20. The van der Waals surface area contributed by atoms with E-state index in [0.717, 1.165) is 19.4 Å². The van der Waals surface area contributed by atoms with Crippen LogP contribution in [0, 0.1) is 0 Å². The fourth-order valence-corrected chi connectivity index (χ4v) is 1.18. The van der Waals surface area contributed by atoms with Gasteiger partial charge < -0.3 is 10.0 Å². The smallest absolute Gasteiger partial charge is 0.303 e. The summed E-state index contributed by atoms with van der Waals surface area (Å²) in [5, 5.41) is 8.42. The topological polar surface area (TPSA) is 57.6 Å². The van der Waals surface area contributed by atoms with E-state index in [4.69, 9.17) is 5.11 Å². The summed E-state index contributed by atoms with van der Waals surface area (Å²) in [6.07, 6.45) is 2.07. The predicted octanol–water partition coefficient (Wildman–Crippen LogP) is 1.50. The van der Waals surface area contributed by atoms with Gasteiger partial charge in [-0.3, -0.25) is 9.59 Å². The Bertz CT molecular complexity index is 192. The van der Waals surface area contributed by atoms with Crippen molar-refractivity contribution in [3.63, 3.8) is 0 Å². The minimum atomic E-state index is -0.912. The van der Waals surface area contributed by atoms with Gasteiger partial charge in [-0.25, -0.2) is 0 Å². The van der Waals surface area contributed by atoms with Crippen LogP contribution in [0.3, 0.4) is 0 Å². The van der Waals surface area contributed by atoms with Crippen molar-refractivity contribution in [2.24, 2.45) is 0 Å². The largest absolute Gasteiger partial charge is 0.481 e. The molecule has 0 aromatic heterocycles. The molecule has 4 heteroatoms. The number of amides is 1. The third kappa shape index (κ3) is 5.56. The number of rotatable bonds is 7. The first-order chi connectivity index (χ1) is 6.61. The van der Waals surface area contributed by atoms with Crippen molar-refractivity contribution in [3.05, 3.63) is 0 Å². The van der Waals surface area contributed by atoms with Crippen LogP contribution in [0.25, 0.3) is 0 Å². The van der Waals surface area contributed by atoms with Gasteiger partial charge in [0.2, 0.25) is 5.91 Å². The number of hydrogen-bond donors (Lipinski definition) is 1. The van der Waals surface area contributed by atoms with Gasteiger partial charge in [-0.15, -0.1) is 0 Å². The normalized spacial score (nSPS) is 9.86. The predicted molar refractivity (Wildman–Crippen MR) is 54.0 cm³/mol. The molecule has 14 heavy (non-hydrogen) atoms. The van der Waals surface area contributed by atoms with Gasteiger partial charge in [-0.05, 0) is 13.3 Å². The molecule has 1 amide bonds. The SMILES string of the molecule is CCCCN(CC)C(=O)CCC(=O)O. The molecule has 1 N–H and O–H groups in total. The van der Waals surface area contributed by atoms with Crippen molar-refractivity contribution in [2.45, 2.75) is 39.5 Å². The number of carbonyl (C=O) groups excluding carboxylic acids is 1. The fraction of sp³-hybridized carbons (Fsp3) is 0.800. The molecular formula is C10H19NO3. The highest BCUT2D eigenvalue weighted by atomic mass is 16.4. The fourth-order valence-electron chi connectivity index (χ4n) is 1.18. The Labute approximate surface area is 84.9 Å². The van der Waals surface area contributed by atoms with Gasteiger partial charge in [0, 0.05) is 19.5 Å². The number of carbonyl (C=O) groups is 2. The molecule has 0 unspecified atom stereocenters. The molecule has 0 aliphatic carbocycles. The Balaban J connectivity index is 3.85. The molecule has 0 spiro atoms. The highest BCUT2D eigenvalue weighted by molar-refractivity contribution is 5.80. The quantitative estimate of drug-likeness (QED) is 0.679. The lowest BCUT2D eigenvalue weighted by atomic mass is 10.2. The van der Waals surface area contributed by atoms with Gasteiger partial charge in [0.1, 0.15) is 0 Å². The summed E-state index contributed by atoms with van der Waals surface area (Å²) in [6, 6.07) is 0. The number of carboxylic acids is 1. The van der Waals surface area contributed by atoms with Crippen LogP contribution in [-0.4, -0.2) is 35.0 Å². The van der Waals surface area contributed by atoms with E-state index < -0.39 is 5.97 Å². The minimum Gasteiger partial charge on any atom is -0.481 e. The molecular weight excluding hydrogens is 182 g/mol. The number of aliphatic carboxylic acids is 1. The van der Waals surface area contributed by atoms with E-state index in [0.29, 0.717) is 6.54 Å². The van der Waals surface area contributed by atoms with E-state index in [-0.39, 0.29) is 18.7 Å². The summed E-state index contributed by atoms with van der Waals surface area (Å²) in [7, 11) is 0. The van der Waals surface area contributed by atoms with Crippen LogP contribution in [0.4, 0.5) is 0 Å². The molecule has 0 aromatic carbocycles. The maximum absolute atomic E-state index is 11.4. The summed E-state index contributed by atoms with van der Waals surface area (Å²) in [6.45, 7) is 5.38. The van der Waals surface area contributed by atoms with Crippen molar-refractivity contribution in [2.75, 3.05) is 13.1 Å². The highest BCUT2D eigenvalue weighted by Crippen LogP contribution is 2.00. The van der Waals surface area contributed by atoms with E-state index in [1.807, 2.05) is 6.92 Å². The Morgan fingerprint density at radius 1 is 1.21 bits per heavy atom. The molecule has 0 aromatic rings. The number of nitrogens with zero attached hydrogens (tertiary/aromatic N) is 1. The average Bonchev–Trinajstić information content (AvgIpc) is 2.16. The Morgan fingerprint density at radius 3 is 2.29 bits per heavy atom. The highest BCUT2D eigenvalue weighted by Gasteiger charge is 2.11. The van der Waals surface area contributed by atoms with Crippen molar-refractivity contribution in [1.29, 1.82) is 0 Å². The molecule has 82 valence electrons. The van der Waals surface area contributed by atoms with Crippen LogP contribution in [0.1, 0.15) is 39.5 Å². The lowest BCUT2D eigenvalue weighted by molar-refractivity contribution is -0.140. The third-order valence-electron chi connectivity index (χ3n) is 2.07.